The molecule has 0 amide bonds. The molecular weight excluding hydrogens is 362 g/mol. The van der Waals surface area contributed by atoms with Crippen LogP contribution in [0.2, 0.25) is 0 Å². The number of para-hydroxylation sites is 1. The van der Waals surface area contributed by atoms with Crippen molar-refractivity contribution in [3.8, 4) is 28.3 Å². The minimum absolute atomic E-state index is 0.253. The number of nitrogens with one attached hydrogen (secondary N) is 1. The van der Waals surface area contributed by atoms with Gasteiger partial charge in [-0.3, -0.25) is 0 Å². The van der Waals surface area contributed by atoms with E-state index in [1.165, 1.54) is 6.26 Å². The van der Waals surface area contributed by atoms with E-state index in [-0.39, 0.29) is 4.90 Å². The summed E-state index contributed by atoms with van der Waals surface area (Å²) < 4.78 is 29.0. The van der Waals surface area contributed by atoms with Crippen LogP contribution in [0.5, 0.6) is 5.75 Å². The predicted octanol–water partition coefficient (Wildman–Crippen LogP) is 3.70. The zero-order chi connectivity index (χ0) is 19.0. The number of pyridine rings is 1. The van der Waals surface area contributed by atoms with Gasteiger partial charge in [0.1, 0.15) is 11.6 Å². The van der Waals surface area contributed by atoms with Crippen molar-refractivity contribution in [3.63, 3.8) is 0 Å². The van der Waals surface area contributed by atoms with Gasteiger partial charge in [-0.1, -0.05) is 30.3 Å². The van der Waals surface area contributed by atoms with E-state index < -0.39 is 9.84 Å². The van der Waals surface area contributed by atoms with Crippen LogP contribution in [-0.4, -0.2) is 36.7 Å². The van der Waals surface area contributed by atoms with Crippen molar-refractivity contribution in [3.05, 3.63) is 60.8 Å². The number of methoxy groups -OCH3 is 1. The predicted molar refractivity (Wildman–Crippen MR) is 104 cm³/mol. The first-order chi connectivity index (χ1) is 13.0. The number of rotatable bonds is 4. The van der Waals surface area contributed by atoms with E-state index in [9.17, 15) is 8.42 Å². The largest absolute Gasteiger partial charge is 0.496 e. The maximum absolute atomic E-state index is 11.8. The first-order valence-electron chi connectivity index (χ1n) is 8.25. The van der Waals surface area contributed by atoms with E-state index in [0.717, 1.165) is 22.4 Å². The summed E-state index contributed by atoms with van der Waals surface area (Å²) in [5.41, 5.74) is 3.85. The molecule has 0 saturated carbocycles. The summed E-state index contributed by atoms with van der Waals surface area (Å²) in [6.45, 7) is 0. The Kier molecular flexibility index (Phi) is 4.16. The highest BCUT2D eigenvalue weighted by molar-refractivity contribution is 7.90. The molecule has 136 valence electrons. The number of benzene rings is 2. The van der Waals surface area contributed by atoms with E-state index in [4.69, 9.17) is 4.74 Å². The highest BCUT2D eigenvalue weighted by atomic mass is 32.2. The number of sulfone groups is 1. The fraction of sp³-hybridized carbons (Fsp3) is 0.100. The first-order valence-corrected chi connectivity index (χ1v) is 10.1. The fourth-order valence-corrected chi connectivity index (χ4v) is 3.61. The molecule has 0 fully saturated rings. The Labute approximate surface area is 156 Å². The van der Waals surface area contributed by atoms with E-state index in [1.807, 2.05) is 36.4 Å². The van der Waals surface area contributed by atoms with Gasteiger partial charge in [0.2, 0.25) is 0 Å². The smallest absolute Gasteiger partial charge is 0.178 e. The molecule has 0 aliphatic heterocycles. The lowest BCUT2D eigenvalue weighted by atomic mass is 10.1. The lowest BCUT2D eigenvalue weighted by Crippen LogP contribution is -1.97. The molecule has 7 heteroatoms. The SMILES string of the molecule is COc1ccccc1-c1cnc2nc(-c3cccc(S(C)(=O)=O)c3)[nH]c2c1. The molecule has 1 N–H and O–H groups in total. The Bertz CT molecular complexity index is 1250. The molecule has 0 unspecified atom stereocenters. The second-order valence-electron chi connectivity index (χ2n) is 6.18. The van der Waals surface area contributed by atoms with Crippen molar-refractivity contribution >= 4 is 21.0 Å². The van der Waals surface area contributed by atoms with Gasteiger partial charge >= 0.3 is 0 Å². The van der Waals surface area contributed by atoms with Crippen molar-refractivity contribution in [1.82, 2.24) is 15.0 Å². The van der Waals surface area contributed by atoms with Gasteiger partial charge in [0.05, 0.1) is 17.5 Å². The van der Waals surface area contributed by atoms with Crippen molar-refractivity contribution in [2.24, 2.45) is 0 Å². The Balaban J connectivity index is 1.80. The molecule has 2 aromatic carbocycles. The number of aromatic amines is 1. The number of imidazole rings is 1. The van der Waals surface area contributed by atoms with E-state index >= 15 is 0 Å². The Morgan fingerprint density at radius 2 is 1.81 bits per heavy atom. The van der Waals surface area contributed by atoms with Crippen molar-refractivity contribution < 1.29 is 13.2 Å². The molecule has 0 aliphatic carbocycles. The zero-order valence-corrected chi connectivity index (χ0v) is 15.6. The topological polar surface area (TPSA) is 84.9 Å². The van der Waals surface area contributed by atoms with Crippen LogP contribution in [-0.2, 0) is 9.84 Å². The van der Waals surface area contributed by atoms with Crippen LogP contribution in [0.15, 0.2) is 65.7 Å². The number of fused-ring (bicyclic) bond motifs is 1. The first kappa shape index (κ1) is 17.2. The lowest BCUT2D eigenvalue weighted by Gasteiger charge is -2.07. The highest BCUT2D eigenvalue weighted by Crippen LogP contribution is 2.31. The van der Waals surface area contributed by atoms with E-state index in [0.29, 0.717) is 17.0 Å². The summed E-state index contributed by atoms with van der Waals surface area (Å²) in [6.07, 6.45) is 2.93. The monoisotopic (exact) mass is 379 g/mol. The Morgan fingerprint density at radius 1 is 1.00 bits per heavy atom. The van der Waals surface area contributed by atoms with Crippen molar-refractivity contribution in [2.45, 2.75) is 4.90 Å². The van der Waals surface area contributed by atoms with Gasteiger partial charge in [-0.2, -0.15) is 0 Å². The molecule has 2 heterocycles. The van der Waals surface area contributed by atoms with Crippen LogP contribution in [0, 0.1) is 0 Å². The van der Waals surface area contributed by atoms with Crippen LogP contribution in [0.1, 0.15) is 0 Å². The van der Waals surface area contributed by atoms with Gasteiger partial charge in [-0.05, 0) is 24.3 Å². The van der Waals surface area contributed by atoms with Crippen LogP contribution < -0.4 is 4.74 Å². The molecule has 0 saturated heterocycles. The lowest BCUT2D eigenvalue weighted by molar-refractivity contribution is 0.416. The summed E-state index contributed by atoms with van der Waals surface area (Å²) in [5, 5.41) is 0. The van der Waals surface area contributed by atoms with Gasteiger partial charge in [0.25, 0.3) is 0 Å². The van der Waals surface area contributed by atoms with Crippen molar-refractivity contribution in [1.29, 1.82) is 0 Å². The molecule has 27 heavy (non-hydrogen) atoms. The molecule has 0 bridgehead atoms. The van der Waals surface area contributed by atoms with Gasteiger partial charge in [-0.15, -0.1) is 0 Å². The number of hydrogen-bond donors (Lipinski definition) is 1. The second kappa shape index (κ2) is 6.51. The third kappa shape index (κ3) is 3.29. The van der Waals surface area contributed by atoms with Gasteiger partial charge < -0.3 is 9.72 Å². The third-order valence-corrected chi connectivity index (χ3v) is 5.40. The second-order valence-corrected chi connectivity index (χ2v) is 8.20. The zero-order valence-electron chi connectivity index (χ0n) is 14.8. The average Bonchev–Trinajstić information content (AvgIpc) is 3.10. The number of ether oxygens (including phenoxy) is 1. The van der Waals surface area contributed by atoms with Crippen LogP contribution in [0.3, 0.4) is 0 Å². The number of nitrogens with zero attached hydrogens (tertiary/aromatic N) is 2. The Hall–Kier alpha value is -3.19. The maximum atomic E-state index is 11.8. The molecular formula is C20H17N3O3S. The molecule has 2 aromatic heterocycles. The average molecular weight is 379 g/mol. The third-order valence-electron chi connectivity index (χ3n) is 4.29. The van der Waals surface area contributed by atoms with Crippen LogP contribution >= 0.6 is 0 Å². The van der Waals surface area contributed by atoms with Gasteiger partial charge in [0.15, 0.2) is 15.5 Å². The highest BCUT2D eigenvalue weighted by Gasteiger charge is 2.13. The van der Waals surface area contributed by atoms with Gasteiger partial charge in [0, 0.05) is 29.1 Å². The molecule has 0 spiro atoms. The summed E-state index contributed by atoms with van der Waals surface area (Å²) in [5.74, 6) is 1.33. The molecule has 4 rings (SSSR count). The number of aromatic nitrogens is 3. The normalized spacial score (nSPS) is 11.6. The van der Waals surface area contributed by atoms with Crippen molar-refractivity contribution in [2.75, 3.05) is 13.4 Å². The van der Waals surface area contributed by atoms with Crippen LogP contribution in [0.25, 0.3) is 33.7 Å². The molecule has 0 radical (unpaired) electrons. The number of hydrogen-bond acceptors (Lipinski definition) is 5. The minimum Gasteiger partial charge on any atom is -0.496 e. The van der Waals surface area contributed by atoms with Gasteiger partial charge in [-0.25, -0.2) is 18.4 Å². The molecule has 0 atom stereocenters. The quantitative estimate of drug-likeness (QED) is 0.584. The molecule has 6 nitrogen and oxygen atoms in total. The summed E-state index contributed by atoms with van der Waals surface area (Å²) >= 11 is 0. The molecule has 0 aliphatic rings. The fourth-order valence-electron chi connectivity index (χ4n) is 2.94. The van der Waals surface area contributed by atoms with E-state index in [2.05, 4.69) is 15.0 Å². The minimum atomic E-state index is -3.29. The maximum Gasteiger partial charge on any atom is 0.178 e. The Morgan fingerprint density at radius 3 is 2.59 bits per heavy atom. The van der Waals surface area contributed by atoms with E-state index in [1.54, 1.807) is 31.5 Å². The molecule has 4 aromatic rings. The summed E-state index contributed by atoms with van der Waals surface area (Å²) in [7, 11) is -1.65. The summed E-state index contributed by atoms with van der Waals surface area (Å²) in [6, 6.07) is 16.4. The standard InChI is InChI=1S/C20H17N3O3S/c1-26-18-9-4-3-8-16(18)14-11-17-20(21-12-14)23-19(22-17)13-6-5-7-15(10-13)27(2,24)25/h3-12H,1-2H3,(H,21,22,23). The number of H-pyrrole nitrogens is 1. The van der Waals surface area contributed by atoms with Crippen LogP contribution in [0.4, 0.5) is 0 Å². The summed E-state index contributed by atoms with van der Waals surface area (Å²) in [4.78, 5) is 12.4.